The molecule has 0 saturated heterocycles. The summed E-state index contributed by atoms with van der Waals surface area (Å²) >= 11 is 0. The molecule has 1 saturated carbocycles. The van der Waals surface area contributed by atoms with Gasteiger partial charge in [0.15, 0.2) is 0 Å². The van der Waals surface area contributed by atoms with E-state index in [-0.39, 0.29) is 0 Å². The fourth-order valence-corrected chi connectivity index (χ4v) is 4.52. The number of nitrogens with zero attached hydrogens (tertiary/aromatic N) is 1. The van der Waals surface area contributed by atoms with Crippen LogP contribution in [0.25, 0.3) is 0 Å². The van der Waals surface area contributed by atoms with Crippen molar-refractivity contribution in [3.05, 3.63) is 59.4 Å². The molecule has 1 amide bonds. The molecule has 152 valence electrons. The highest BCUT2D eigenvalue weighted by Gasteiger charge is 2.50. The van der Waals surface area contributed by atoms with Gasteiger partial charge in [-0.2, -0.15) is 0 Å². The summed E-state index contributed by atoms with van der Waals surface area (Å²) in [4.78, 5) is 26.2. The lowest BCUT2D eigenvalue weighted by molar-refractivity contribution is -0.144. The van der Waals surface area contributed by atoms with Gasteiger partial charge in [-0.1, -0.05) is 56.6 Å². The fraction of sp³-hybridized carbons (Fsp3) is 0.478. The Kier molecular flexibility index (Phi) is 7.55. The number of benzene rings is 1. The molecule has 2 rings (SSSR count). The van der Waals surface area contributed by atoms with E-state index in [1.54, 1.807) is 24.0 Å². The van der Waals surface area contributed by atoms with E-state index in [1.165, 1.54) is 12.1 Å². The summed E-state index contributed by atoms with van der Waals surface area (Å²) in [7, 11) is 0. The zero-order chi connectivity index (χ0) is 20.7. The molecule has 1 aromatic carbocycles. The van der Waals surface area contributed by atoms with Gasteiger partial charge in [0.1, 0.15) is 11.7 Å². The number of aliphatic carboxylic acids is 1. The van der Waals surface area contributed by atoms with Crippen molar-refractivity contribution < 1.29 is 19.1 Å². The Morgan fingerprint density at radius 1 is 1.39 bits per heavy atom. The van der Waals surface area contributed by atoms with Crippen molar-refractivity contribution in [2.75, 3.05) is 6.54 Å². The minimum absolute atomic E-state index is 0.363. The second-order valence-electron chi connectivity index (χ2n) is 7.63. The number of allylic oxidation sites excluding steroid dienone is 2. The molecule has 5 heteroatoms. The minimum Gasteiger partial charge on any atom is -0.481 e. The average molecular weight is 387 g/mol. The van der Waals surface area contributed by atoms with Gasteiger partial charge in [-0.15, -0.1) is 0 Å². The van der Waals surface area contributed by atoms with E-state index < -0.39 is 23.2 Å². The van der Waals surface area contributed by atoms with Crippen LogP contribution in [-0.4, -0.2) is 34.5 Å². The number of hydrogen-bond acceptors (Lipinski definition) is 2. The van der Waals surface area contributed by atoms with E-state index in [0.29, 0.717) is 24.9 Å². The number of carboxylic acids is 1. The summed E-state index contributed by atoms with van der Waals surface area (Å²) in [5.41, 5.74) is 1.35. The molecule has 0 radical (unpaired) electrons. The van der Waals surface area contributed by atoms with Crippen LogP contribution in [0.2, 0.25) is 0 Å². The Morgan fingerprint density at radius 3 is 2.61 bits per heavy atom. The van der Waals surface area contributed by atoms with Gasteiger partial charge in [0.2, 0.25) is 6.41 Å². The lowest BCUT2D eigenvalue weighted by atomic mass is 9.75. The molecule has 1 fully saturated rings. The predicted molar refractivity (Wildman–Crippen MR) is 109 cm³/mol. The summed E-state index contributed by atoms with van der Waals surface area (Å²) in [6.07, 6.45) is 8.95. The normalized spacial score (nSPS) is 17.2. The molecule has 4 nitrogen and oxygen atoms in total. The van der Waals surface area contributed by atoms with Crippen molar-refractivity contribution in [1.29, 1.82) is 0 Å². The van der Waals surface area contributed by atoms with Gasteiger partial charge >= 0.3 is 5.97 Å². The van der Waals surface area contributed by atoms with E-state index in [0.717, 1.165) is 43.2 Å². The van der Waals surface area contributed by atoms with Crippen LogP contribution in [0.5, 0.6) is 0 Å². The van der Waals surface area contributed by atoms with E-state index in [2.05, 4.69) is 13.5 Å². The fourth-order valence-electron chi connectivity index (χ4n) is 4.52. The van der Waals surface area contributed by atoms with Crippen molar-refractivity contribution >= 4 is 12.4 Å². The molecule has 0 aliphatic heterocycles. The molecule has 1 N–H and O–H groups in total. The predicted octanol–water partition coefficient (Wildman–Crippen LogP) is 4.99. The highest BCUT2D eigenvalue weighted by atomic mass is 19.1. The number of carbonyl (C=O) groups excluding carboxylic acids is 1. The van der Waals surface area contributed by atoms with Crippen LogP contribution in [0.3, 0.4) is 0 Å². The maximum Gasteiger partial charge on any atom is 0.313 e. The highest BCUT2D eigenvalue weighted by Crippen LogP contribution is 2.46. The van der Waals surface area contributed by atoms with Crippen molar-refractivity contribution in [1.82, 2.24) is 4.90 Å². The lowest BCUT2D eigenvalue weighted by Gasteiger charge is -2.44. The summed E-state index contributed by atoms with van der Waals surface area (Å²) in [6.45, 7) is 7.96. The van der Waals surface area contributed by atoms with Crippen molar-refractivity contribution in [2.24, 2.45) is 0 Å². The second-order valence-corrected chi connectivity index (χ2v) is 7.63. The molecule has 1 aliphatic carbocycles. The quantitative estimate of drug-likeness (QED) is 0.455. The molecular weight excluding hydrogens is 357 g/mol. The summed E-state index contributed by atoms with van der Waals surface area (Å²) < 4.78 is 14.0. The summed E-state index contributed by atoms with van der Waals surface area (Å²) in [6, 6.07) is 4.25. The second kappa shape index (κ2) is 9.67. The minimum atomic E-state index is -1.02. The number of halogens is 1. The number of hydrogen-bond donors (Lipinski definition) is 1. The Balaban J connectivity index is 2.55. The average Bonchev–Trinajstić information content (AvgIpc) is 3.13. The van der Waals surface area contributed by atoms with E-state index in [9.17, 15) is 19.1 Å². The van der Waals surface area contributed by atoms with Gasteiger partial charge in [-0.3, -0.25) is 9.59 Å². The summed E-state index contributed by atoms with van der Waals surface area (Å²) in [5.74, 6) is -2.45. The molecule has 28 heavy (non-hydrogen) atoms. The van der Waals surface area contributed by atoms with Crippen molar-refractivity contribution in [3.63, 3.8) is 0 Å². The third kappa shape index (κ3) is 4.51. The molecule has 0 spiro atoms. The zero-order valence-corrected chi connectivity index (χ0v) is 16.8. The van der Waals surface area contributed by atoms with Gasteiger partial charge in [-0.05, 0) is 49.4 Å². The smallest absolute Gasteiger partial charge is 0.313 e. The Hall–Kier alpha value is -2.43. The SMILES string of the molecule is C=C/C=C(\CCC)CN(C=O)C1(C(C(=O)O)c2cc(F)ccc2C)CCCC1. The monoisotopic (exact) mass is 387 g/mol. The first-order chi connectivity index (χ1) is 13.4. The van der Waals surface area contributed by atoms with Crippen molar-refractivity contribution in [3.8, 4) is 0 Å². The molecule has 1 aromatic rings. The van der Waals surface area contributed by atoms with Gasteiger partial charge < -0.3 is 10.0 Å². The van der Waals surface area contributed by atoms with E-state index >= 15 is 0 Å². The number of amides is 1. The first-order valence-corrected chi connectivity index (χ1v) is 9.91. The van der Waals surface area contributed by atoms with Gasteiger partial charge in [0.05, 0.1) is 5.54 Å². The standard InChI is InChI=1S/C23H30FNO3/c1-4-8-18(9-5-2)15-25(16-26)23(12-6-7-13-23)21(22(27)28)20-14-19(24)11-10-17(20)3/h4,8,10-11,14,16,21H,1,5-7,9,12-13,15H2,2-3H3,(H,27,28)/b18-8+. The number of carboxylic acid groups (broad SMARTS) is 1. The van der Waals surface area contributed by atoms with Gasteiger partial charge in [0.25, 0.3) is 0 Å². The van der Waals surface area contributed by atoms with E-state index in [4.69, 9.17) is 0 Å². The zero-order valence-electron chi connectivity index (χ0n) is 16.8. The third-order valence-electron chi connectivity index (χ3n) is 5.80. The van der Waals surface area contributed by atoms with Crippen LogP contribution in [0.15, 0.2) is 42.5 Å². The molecule has 0 bridgehead atoms. The molecule has 1 atom stereocenters. The van der Waals surface area contributed by atoms with E-state index in [1.807, 2.05) is 6.08 Å². The Bertz CT molecular complexity index is 750. The molecular formula is C23H30FNO3. The van der Waals surface area contributed by atoms with Gasteiger partial charge in [0, 0.05) is 6.54 Å². The first-order valence-electron chi connectivity index (χ1n) is 9.91. The highest BCUT2D eigenvalue weighted by molar-refractivity contribution is 5.79. The van der Waals surface area contributed by atoms with Crippen LogP contribution < -0.4 is 0 Å². The molecule has 0 heterocycles. The third-order valence-corrected chi connectivity index (χ3v) is 5.80. The van der Waals surface area contributed by atoms with Gasteiger partial charge in [-0.25, -0.2) is 4.39 Å². The molecule has 1 unspecified atom stereocenters. The maximum atomic E-state index is 14.0. The van der Waals surface area contributed by atoms with Crippen LogP contribution in [0.1, 0.15) is 62.5 Å². The molecule has 0 aromatic heterocycles. The Morgan fingerprint density at radius 2 is 2.07 bits per heavy atom. The maximum absolute atomic E-state index is 14.0. The number of aryl methyl sites for hydroxylation is 1. The molecule has 1 aliphatic rings. The lowest BCUT2D eigenvalue weighted by Crippen LogP contribution is -2.53. The number of carbonyl (C=O) groups is 2. The largest absolute Gasteiger partial charge is 0.481 e. The van der Waals surface area contributed by atoms with Crippen LogP contribution in [0.4, 0.5) is 4.39 Å². The first kappa shape index (κ1) is 21.9. The van der Waals surface area contributed by atoms with Crippen LogP contribution in [-0.2, 0) is 9.59 Å². The topological polar surface area (TPSA) is 57.6 Å². The Labute approximate surface area is 166 Å². The number of rotatable bonds is 10. The van der Waals surface area contributed by atoms with Crippen LogP contribution >= 0.6 is 0 Å². The van der Waals surface area contributed by atoms with Crippen LogP contribution in [0, 0.1) is 12.7 Å². The van der Waals surface area contributed by atoms with Crippen molar-refractivity contribution in [2.45, 2.75) is 63.8 Å². The summed E-state index contributed by atoms with van der Waals surface area (Å²) in [5, 5.41) is 10.2.